The third-order valence-corrected chi connectivity index (χ3v) is 3.74. The largest absolute Gasteiger partial charge is 0.376 e. The molecule has 1 saturated heterocycles. The van der Waals surface area contributed by atoms with E-state index in [-0.39, 0.29) is 12.0 Å². The summed E-state index contributed by atoms with van der Waals surface area (Å²) in [6, 6.07) is 3.71. The Morgan fingerprint density at radius 2 is 2.33 bits per heavy atom. The Bertz CT molecular complexity index is 484. The molecule has 0 aliphatic carbocycles. The summed E-state index contributed by atoms with van der Waals surface area (Å²) in [6.07, 6.45) is 4.20. The lowest BCUT2D eigenvalue weighted by Crippen LogP contribution is -2.34. The summed E-state index contributed by atoms with van der Waals surface area (Å²) >= 11 is 0. The number of aryl methyl sites for hydroxylation is 1. The van der Waals surface area contributed by atoms with Gasteiger partial charge in [-0.2, -0.15) is 0 Å². The molecule has 1 aliphatic rings. The van der Waals surface area contributed by atoms with Crippen LogP contribution in [0.3, 0.4) is 0 Å². The number of carbonyl (C=O) groups excluding carboxylic acids is 1. The molecule has 0 aromatic carbocycles. The first kappa shape index (κ1) is 15.8. The monoisotopic (exact) mass is 291 g/mol. The van der Waals surface area contributed by atoms with Gasteiger partial charge in [0.1, 0.15) is 5.82 Å². The molecular formula is C16H25N3O2. The lowest BCUT2D eigenvalue weighted by Gasteiger charge is -2.21. The number of nitrogens with one attached hydrogen (secondary N) is 1. The van der Waals surface area contributed by atoms with Gasteiger partial charge in [-0.15, -0.1) is 0 Å². The fourth-order valence-corrected chi connectivity index (χ4v) is 2.62. The number of pyridine rings is 1. The van der Waals surface area contributed by atoms with Crippen LogP contribution in [0.15, 0.2) is 12.1 Å². The minimum absolute atomic E-state index is 0.0294. The van der Waals surface area contributed by atoms with Crippen molar-refractivity contribution in [1.29, 1.82) is 0 Å². The van der Waals surface area contributed by atoms with E-state index in [0.717, 1.165) is 43.8 Å². The zero-order chi connectivity index (χ0) is 15.2. The third-order valence-electron chi connectivity index (χ3n) is 3.74. The van der Waals surface area contributed by atoms with Crippen molar-refractivity contribution in [3.63, 3.8) is 0 Å². The molecule has 1 aromatic heterocycles. The van der Waals surface area contributed by atoms with E-state index in [1.165, 1.54) is 0 Å². The maximum Gasteiger partial charge on any atom is 0.253 e. The molecule has 21 heavy (non-hydrogen) atoms. The van der Waals surface area contributed by atoms with Crippen LogP contribution in [0.1, 0.15) is 42.2 Å². The third kappa shape index (κ3) is 4.17. The van der Waals surface area contributed by atoms with Crippen molar-refractivity contribution in [2.45, 2.75) is 38.7 Å². The summed E-state index contributed by atoms with van der Waals surface area (Å²) in [5.41, 5.74) is 1.65. The van der Waals surface area contributed by atoms with Crippen molar-refractivity contribution in [2.75, 3.05) is 32.6 Å². The van der Waals surface area contributed by atoms with Gasteiger partial charge >= 0.3 is 0 Å². The van der Waals surface area contributed by atoms with Crippen LogP contribution in [-0.2, 0) is 11.2 Å². The Hall–Kier alpha value is -1.62. The molecule has 0 bridgehead atoms. The second-order valence-electron chi connectivity index (χ2n) is 5.55. The maximum absolute atomic E-state index is 12.6. The maximum atomic E-state index is 12.6. The first-order chi connectivity index (χ1) is 10.1. The molecule has 0 spiro atoms. The lowest BCUT2D eigenvalue weighted by atomic mass is 10.1. The van der Waals surface area contributed by atoms with Crippen LogP contribution < -0.4 is 5.32 Å². The predicted octanol–water partition coefficient (Wildman–Crippen LogP) is 2.33. The van der Waals surface area contributed by atoms with Crippen LogP contribution in [0.5, 0.6) is 0 Å². The van der Waals surface area contributed by atoms with Crippen LogP contribution in [0.2, 0.25) is 0 Å². The highest BCUT2D eigenvalue weighted by Gasteiger charge is 2.21. The first-order valence-corrected chi connectivity index (χ1v) is 7.69. The average Bonchev–Trinajstić information content (AvgIpc) is 2.99. The quantitative estimate of drug-likeness (QED) is 0.874. The van der Waals surface area contributed by atoms with Crippen molar-refractivity contribution in [3.8, 4) is 0 Å². The molecule has 0 radical (unpaired) electrons. The van der Waals surface area contributed by atoms with Crippen LogP contribution in [0.4, 0.5) is 5.82 Å². The number of amides is 1. The van der Waals surface area contributed by atoms with Gasteiger partial charge in [-0.25, -0.2) is 4.98 Å². The van der Waals surface area contributed by atoms with Gasteiger partial charge < -0.3 is 15.0 Å². The molecule has 2 heterocycles. The zero-order valence-corrected chi connectivity index (χ0v) is 13.2. The Balaban J connectivity index is 2.10. The number of aromatic nitrogens is 1. The molecule has 1 atom stereocenters. The van der Waals surface area contributed by atoms with Crippen LogP contribution in [-0.4, -0.2) is 49.1 Å². The van der Waals surface area contributed by atoms with Gasteiger partial charge in [-0.05, 0) is 31.4 Å². The summed E-state index contributed by atoms with van der Waals surface area (Å²) in [5, 5.41) is 3.03. The predicted molar refractivity (Wildman–Crippen MR) is 83.7 cm³/mol. The lowest BCUT2D eigenvalue weighted by molar-refractivity contribution is 0.0587. The Morgan fingerprint density at radius 1 is 1.52 bits per heavy atom. The van der Waals surface area contributed by atoms with E-state index in [9.17, 15) is 4.79 Å². The van der Waals surface area contributed by atoms with Gasteiger partial charge in [-0.3, -0.25) is 4.79 Å². The topological polar surface area (TPSA) is 54.5 Å². The van der Waals surface area contributed by atoms with Crippen LogP contribution in [0.25, 0.3) is 0 Å². The van der Waals surface area contributed by atoms with Gasteiger partial charge in [0, 0.05) is 38.5 Å². The smallest absolute Gasteiger partial charge is 0.253 e. The standard InChI is InChI=1S/C16H25N3O2/c1-4-6-13-9-12(10-15(17-2)18-13)16(20)19(3)11-14-7-5-8-21-14/h9-10,14H,4-8,11H2,1-3H3,(H,17,18). The number of nitrogens with zero attached hydrogens (tertiary/aromatic N) is 2. The Kier molecular flexibility index (Phi) is 5.56. The highest BCUT2D eigenvalue weighted by molar-refractivity contribution is 5.94. The molecule has 2 rings (SSSR count). The van der Waals surface area contributed by atoms with Crippen molar-refractivity contribution >= 4 is 11.7 Å². The summed E-state index contributed by atoms with van der Waals surface area (Å²) < 4.78 is 5.60. The molecule has 5 nitrogen and oxygen atoms in total. The number of carbonyl (C=O) groups is 1. The van der Waals surface area contributed by atoms with Gasteiger partial charge in [-0.1, -0.05) is 13.3 Å². The number of anilines is 1. The van der Waals surface area contributed by atoms with Crippen LogP contribution >= 0.6 is 0 Å². The fraction of sp³-hybridized carbons (Fsp3) is 0.625. The molecule has 1 fully saturated rings. The Morgan fingerprint density at radius 3 is 2.95 bits per heavy atom. The van der Waals surface area contributed by atoms with Crippen molar-refractivity contribution in [1.82, 2.24) is 9.88 Å². The highest BCUT2D eigenvalue weighted by atomic mass is 16.5. The average molecular weight is 291 g/mol. The minimum Gasteiger partial charge on any atom is -0.376 e. The van der Waals surface area contributed by atoms with E-state index in [0.29, 0.717) is 12.1 Å². The second kappa shape index (κ2) is 7.41. The molecule has 1 unspecified atom stereocenters. The molecular weight excluding hydrogens is 266 g/mol. The molecule has 1 amide bonds. The second-order valence-corrected chi connectivity index (χ2v) is 5.55. The van der Waals surface area contributed by atoms with Gasteiger partial charge in [0.25, 0.3) is 5.91 Å². The summed E-state index contributed by atoms with van der Waals surface area (Å²) in [5.74, 6) is 0.775. The first-order valence-electron chi connectivity index (χ1n) is 7.69. The molecule has 0 saturated carbocycles. The molecule has 1 N–H and O–H groups in total. The molecule has 1 aliphatic heterocycles. The van der Waals surface area contributed by atoms with E-state index >= 15 is 0 Å². The number of rotatable bonds is 6. The number of hydrogen-bond donors (Lipinski definition) is 1. The van der Waals surface area contributed by atoms with E-state index < -0.39 is 0 Å². The summed E-state index contributed by atoms with van der Waals surface area (Å²) in [7, 11) is 3.66. The number of likely N-dealkylation sites (N-methyl/N-ethyl adjacent to an activating group) is 1. The van der Waals surface area contributed by atoms with Gasteiger partial charge in [0.15, 0.2) is 0 Å². The SMILES string of the molecule is CCCc1cc(C(=O)N(C)CC2CCCO2)cc(NC)n1. The molecule has 116 valence electrons. The van der Waals surface area contributed by atoms with Crippen molar-refractivity contribution in [2.24, 2.45) is 0 Å². The van der Waals surface area contributed by atoms with E-state index in [2.05, 4.69) is 17.2 Å². The highest BCUT2D eigenvalue weighted by Crippen LogP contribution is 2.16. The normalized spacial score (nSPS) is 17.8. The van der Waals surface area contributed by atoms with E-state index in [4.69, 9.17) is 4.74 Å². The number of hydrogen-bond acceptors (Lipinski definition) is 4. The van der Waals surface area contributed by atoms with Gasteiger partial charge in [0.05, 0.1) is 6.10 Å². The summed E-state index contributed by atoms with van der Waals surface area (Å²) in [4.78, 5) is 18.8. The number of ether oxygens (including phenoxy) is 1. The summed E-state index contributed by atoms with van der Waals surface area (Å²) in [6.45, 7) is 3.57. The minimum atomic E-state index is 0.0294. The van der Waals surface area contributed by atoms with E-state index in [1.807, 2.05) is 26.2 Å². The fourth-order valence-electron chi connectivity index (χ4n) is 2.62. The van der Waals surface area contributed by atoms with Crippen molar-refractivity contribution in [3.05, 3.63) is 23.4 Å². The Labute approximate surface area is 126 Å². The van der Waals surface area contributed by atoms with Crippen LogP contribution in [0, 0.1) is 0 Å². The van der Waals surface area contributed by atoms with E-state index in [1.54, 1.807) is 4.90 Å². The zero-order valence-electron chi connectivity index (χ0n) is 13.2. The molecule has 1 aromatic rings. The van der Waals surface area contributed by atoms with Crippen molar-refractivity contribution < 1.29 is 9.53 Å². The van der Waals surface area contributed by atoms with Gasteiger partial charge in [0.2, 0.25) is 0 Å². The molecule has 5 heteroatoms.